The first-order valence-corrected chi connectivity index (χ1v) is 8.78. The second-order valence-corrected chi connectivity index (χ2v) is 6.53. The molecule has 4 rings (SSSR count). The van der Waals surface area contributed by atoms with Gasteiger partial charge >= 0.3 is 0 Å². The fourth-order valence-corrected chi connectivity index (χ4v) is 3.98. The standard InChI is InChI=1S/C22H23NO4/c1-23-12-17-14(8-9-18(24-2)22(17)27-5)15-7-6-13-10-19(25-3)20(26-4)11-16(13)21(15)23/h6,8-12H,7H2,1-5H3. The third-order valence-electron chi connectivity index (χ3n) is 5.21. The molecule has 0 amide bonds. The van der Waals surface area contributed by atoms with E-state index in [4.69, 9.17) is 18.9 Å². The molecule has 1 aliphatic carbocycles. The Morgan fingerprint density at radius 3 is 2.19 bits per heavy atom. The van der Waals surface area contributed by atoms with E-state index in [0.717, 1.165) is 50.3 Å². The van der Waals surface area contributed by atoms with Crippen LogP contribution in [0.4, 0.5) is 0 Å². The fourth-order valence-electron chi connectivity index (χ4n) is 3.98. The molecule has 0 N–H and O–H groups in total. The van der Waals surface area contributed by atoms with Crippen LogP contribution >= 0.6 is 0 Å². The highest BCUT2D eigenvalue weighted by Crippen LogP contribution is 2.28. The highest BCUT2D eigenvalue weighted by molar-refractivity contribution is 5.94. The molecule has 0 saturated carbocycles. The molecule has 5 nitrogen and oxygen atoms in total. The summed E-state index contributed by atoms with van der Waals surface area (Å²) in [6.45, 7) is 0. The zero-order valence-corrected chi connectivity index (χ0v) is 16.3. The van der Waals surface area contributed by atoms with E-state index in [1.54, 1.807) is 28.4 Å². The quantitative estimate of drug-likeness (QED) is 0.791. The smallest absolute Gasteiger partial charge is 0.170 e. The molecule has 1 aliphatic heterocycles. The minimum atomic E-state index is 0.727. The summed E-state index contributed by atoms with van der Waals surface area (Å²) in [5, 5.41) is 4.48. The van der Waals surface area contributed by atoms with Gasteiger partial charge in [-0.1, -0.05) is 6.08 Å². The van der Waals surface area contributed by atoms with E-state index in [1.807, 2.05) is 12.1 Å². The lowest BCUT2D eigenvalue weighted by molar-refractivity contribution is 0.351. The summed E-state index contributed by atoms with van der Waals surface area (Å²) in [5.74, 6) is 2.96. The Hall–Kier alpha value is -3.08. The van der Waals surface area contributed by atoms with Gasteiger partial charge in [-0.3, -0.25) is 0 Å². The molecule has 5 heteroatoms. The van der Waals surface area contributed by atoms with Gasteiger partial charge in [0.05, 0.1) is 34.1 Å². The van der Waals surface area contributed by atoms with Crippen molar-refractivity contribution in [1.82, 2.24) is 4.90 Å². The van der Waals surface area contributed by atoms with Crippen LogP contribution in [0.15, 0.2) is 24.3 Å². The lowest BCUT2D eigenvalue weighted by Gasteiger charge is -2.28. The summed E-state index contributed by atoms with van der Waals surface area (Å²) in [6, 6.07) is 8.16. The third kappa shape index (κ3) is 2.53. The van der Waals surface area contributed by atoms with Crippen LogP contribution in [0.25, 0.3) is 23.5 Å². The van der Waals surface area contributed by atoms with Crippen LogP contribution in [-0.2, 0) is 0 Å². The van der Waals surface area contributed by atoms with Gasteiger partial charge in [0.15, 0.2) is 23.0 Å². The second-order valence-electron chi connectivity index (χ2n) is 6.53. The lowest BCUT2D eigenvalue weighted by atomic mass is 9.93. The number of ether oxygens (including phenoxy) is 4. The molecule has 0 aromatic heterocycles. The minimum Gasteiger partial charge on any atom is -0.493 e. The van der Waals surface area contributed by atoms with Gasteiger partial charge in [0, 0.05) is 23.7 Å². The van der Waals surface area contributed by atoms with E-state index in [1.165, 1.54) is 11.3 Å². The normalized spacial score (nSPS) is 14.3. The number of hydrogen-bond donors (Lipinski definition) is 0. The molecule has 0 fully saturated rings. The number of hydrogen-bond acceptors (Lipinski definition) is 5. The van der Waals surface area contributed by atoms with Crippen molar-refractivity contribution >= 4 is 23.5 Å². The van der Waals surface area contributed by atoms with Crippen molar-refractivity contribution in [1.29, 1.82) is 0 Å². The van der Waals surface area contributed by atoms with Gasteiger partial charge in [0.1, 0.15) is 0 Å². The molecule has 1 heterocycles. The Balaban J connectivity index is 2.12. The highest BCUT2D eigenvalue weighted by Gasteiger charge is 2.22. The van der Waals surface area contributed by atoms with Gasteiger partial charge in [0.2, 0.25) is 0 Å². The molecule has 2 aliphatic rings. The molecule has 140 valence electrons. The highest BCUT2D eigenvalue weighted by atomic mass is 16.5. The molecule has 0 saturated heterocycles. The summed E-state index contributed by atoms with van der Waals surface area (Å²) in [6.07, 6.45) is 5.16. The Bertz CT molecular complexity index is 1160. The van der Waals surface area contributed by atoms with E-state index in [9.17, 15) is 0 Å². The third-order valence-corrected chi connectivity index (χ3v) is 5.21. The molecule has 0 radical (unpaired) electrons. The first kappa shape index (κ1) is 17.3. The Labute approximate surface area is 158 Å². The van der Waals surface area contributed by atoms with Crippen molar-refractivity contribution in [3.05, 3.63) is 45.1 Å². The van der Waals surface area contributed by atoms with Crippen LogP contribution in [0.2, 0.25) is 0 Å². The molecule has 2 aromatic rings. The lowest BCUT2D eigenvalue weighted by Crippen LogP contribution is -2.43. The zero-order valence-electron chi connectivity index (χ0n) is 16.3. The Kier molecular flexibility index (Phi) is 4.22. The summed E-state index contributed by atoms with van der Waals surface area (Å²) < 4.78 is 22.1. The van der Waals surface area contributed by atoms with Gasteiger partial charge in [-0.05, 0) is 46.7 Å². The average molecular weight is 365 g/mol. The maximum absolute atomic E-state index is 5.65. The SMILES string of the molecule is COc1cc2c(cc1OC)=C1C(=c3ccc(OC)c(OC)c3=CN1C)CC=2. The molecule has 0 atom stereocenters. The predicted molar refractivity (Wildman–Crippen MR) is 106 cm³/mol. The van der Waals surface area contributed by atoms with Crippen molar-refractivity contribution in [2.75, 3.05) is 35.5 Å². The van der Waals surface area contributed by atoms with Crippen LogP contribution in [0.1, 0.15) is 6.42 Å². The van der Waals surface area contributed by atoms with Crippen molar-refractivity contribution < 1.29 is 18.9 Å². The molecular formula is C22H23NO4. The summed E-state index contributed by atoms with van der Waals surface area (Å²) in [7, 11) is 8.72. The van der Waals surface area contributed by atoms with Gasteiger partial charge in [-0.25, -0.2) is 0 Å². The molecule has 0 unspecified atom stereocenters. The molecular weight excluding hydrogens is 342 g/mol. The monoisotopic (exact) mass is 365 g/mol. The minimum absolute atomic E-state index is 0.727. The Morgan fingerprint density at radius 1 is 0.815 bits per heavy atom. The molecule has 2 aromatic carbocycles. The fraction of sp³-hybridized carbons (Fsp3) is 0.273. The topological polar surface area (TPSA) is 40.2 Å². The van der Waals surface area contributed by atoms with Gasteiger partial charge in [-0.15, -0.1) is 0 Å². The van der Waals surface area contributed by atoms with E-state index >= 15 is 0 Å². The van der Waals surface area contributed by atoms with Crippen molar-refractivity contribution in [2.24, 2.45) is 0 Å². The molecule has 27 heavy (non-hydrogen) atoms. The van der Waals surface area contributed by atoms with Crippen LogP contribution in [0.5, 0.6) is 23.0 Å². The first-order chi connectivity index (χ1) is 13.1. The maximum atomic E-state index is 5.65. The van der Waals surface area contributed by atoms with Gasteiger partial charge < -0.3 is 23.8 Å². The summed E-state index contributed by atoms with van der Waals surface area (Å²) in [4.78, 5) is 2.15. The zero-order chi connectivity index (χ0) is 19.1. The van der Waals surface area contributed by atoms with Crippen LogP contribution < -0.4 is 39.8 Å². The van der Waals surface area contributed by atoms with Crippen LogP contribution in [-0.4, -0.2) is 40.4 Å². The Morgan fingerprint density at radius 2 is 1.52 bits per heavy atom. The van der Waals surface area contributed by atoms with E-state index in [0.29, 0.717) is 0 Å². The summed E-state index contributed by atoms with van der Waals surface area (Å²) >= 11 is 0. The van der Waals surface area contributed by atoms with Gasteiger partial charge in [0.25, 0.3) is 0 Å². The second kappa shape index (κ2) is 6.58. The van der Waals surface area contributed by atoms with Gasteiger partial charge in [-0.2, -0.15) is 0 Å². The molecule has 0 spiro atoms. The number of fused-ring (bicyclic) bond motifs is 3. The van der Waals surface area contributed by atoms with Crippen molar-refractivity contribution in [3.8, 4) is 23.0 Å². The number of benzene rings is 2. The maximum Gasteiger partial charge on any atom is 0.170 e. The number of methoxy groups -OCH3 is 4. The molecule has 0 bridgehead atoms. The van der Waals surface area contributed by atoms with Crippen molar-refractivity contribution in [2.45, 2.75) is 6.42 Å². The largest absolute Gasteiger partial charge is 0.493 e. The van der Waals surface area contributed by atoms with Crippen LogP contribution in [0.3, 0.4) is 0 Å². The van der Waals surface area contributed by atoms with E-state index in [-0.39, 0.29) is 0 Å². The van der Waals surface area contributed by atoms with Crippen molar-refractivity contribution in [3.63, 3.8) is 0 Å². The number of nitrogens with zero attached hydrogens (tertiary/aromatic N) is 1. The number of rotatable bonds is 4. The predicted octanol–water partition coefficient (Wildman–Crippen LogP) is 0.548. The van der Waals surface area contributed by atoms with E-state index in [2.05, 4.69) is 36.4 Å². The first-order valence-electron chi connectivity index (χ1n) is 8.78. The van der Waals surface area contributed by atoms with E-state index < -0.39 is 0 Å². The van der Waals surface area contributed by atoms with Crippen LogP contribution in [0, 0.1) is 0 Å². The average Bonchev–Trinajstić information content (AvgIpc) is 2.71. The summed E-state index contributed by atoms with van der Waals surface area (Å²) in [5.41, 5.74) is 2.43.